The molecule has 0 unspecified atom stereocenters. The first-order chi connectivity index (χ1) is 17.9. The molecule has 0 bridgehead atoms. The lowest BCUT2D eigenvalue weighted by Crippen LogP contribution is -2.32. The molecule has 1 heterocycles. The van der Waals surface area contributed by atoms with Gasteiger partial charge in [0.2, 0.25) is 0 Å². The summed E-state index contributed by atoms with van der Waals surface area (Å²) >= 11 is 0. The van der Waals surface area contributed by atoms with E-state index in [1.807, 2.05) is 62.4 Å². The molecule has 0 spiro atoms. The van der Waals surface area contributed by atoms with Gasteiger partial charge in [0.05, 0.1) is 11.5 Å². The fraction of sp³-hybridized carbons (Fsp3) is 0.300. The minimum Gasteiger partial charge on any atom is -0.450 e. The summed E-state index contributed by atoms with van der Waals surface area (Å²) in [6, 6.07) is 25.1. The predicted octanol–water partition coefficient (Wildman–Crippen LogP) is 6.37. The summed E-state index contributed by atoms with van der Waals surface area (Å²) in [5.74, 6) is 0.141. The predicted molar refractivity (Wildman–Crippen MR) is 145 cm³/mol. The van der Waals surface area contributed by atoms with Crippen LogP contribution in [0.3, 0.4) is 0 Å². The lowest BCUT2D eigenvalue weighted by Gasteiger charge is -2.33. The van der Waals surface area contributed by atoms with E-state index in [1.54, 1.807) is 17.0 Å². The van der Waals surface area contributed by atoms with Gasteiger partial charge in [0, 0.05) is 49.1 Å². The highest BCUT2D eigenvalue weighted by Gasteiger charge is 2.39. The van der Waals surface area contributed by atoms with E-state index in [9.17, 15) is 14.9 Å². The first kappa shape index (κ1) is 25.9. The average molecular weight is 500 g/mol. The molecule has 1 fully saturated rings. The van der Waals surface area contributed by atoms with Crippen molar-refractivity contribution >= 4 is 17.5 Å². The van der Waals surface area contributed by atoms with Crippen LogP contribution < -0.4 is 4.90 Å². The molecule has 0 radical (unpaired) electrons. The SMILES string of the molecule is C=C([C@H]1CN(C(=O)OCC)C[C@@H]1Cc1ccccc1)N(Cc1cccc([N+](=O)[O-])c1)c1ccc(C)cc1. The van der Waals surface area contributed by atoms with Crippen molar-refractivity contribution in [3.63, 3.8) is 0 Å². The molecule has 1 aliphatic rings. The van der Waals surface area contributed by atoms with Crippen LogP contribution in [0, 0.1) is 28.9 Å². The number of nitro groups is 1. The molecule has 0 aliphatic carbocycles. The Balaban J connectivity index is 1.67. The molecular weight excluding hydrogens is 466 g/mol. The van der Waals surface area contributed by atoms with Gasteiger partial charge in [-0.1, -0.05) is 66.7 Å². The van der Waals surface area contributed by atoms with Crippen molar-refractivity contribution in [2.24, 2.45) is 11.8 Å². The van der Waals surface area contributed by atoms with Crippen molar-refractivity contribution in [1.29, 1.82) is 0 Å². The zero-order valence-corrected chi connectivity index (χ0v) is 21.4. The second-order valence-corrected chi connectivity index (χ2v) is 9.50. The largest absolute Gasteiger partial charge is 0.450 e. The number of nitrogens with zero attached hydrogens (tertiary/aromatic N) is 3. The molecule has 7 nitrogen and oxygen atoms in total. The monoisotopic (exact) mass is 499 g/mol. The number of carbonyl (C=O) groups is 1. The van der Waals surface area contributed by atoms with Crippen molar-refractivity contribution in [3.8, 4) is 0 Å². The Morgan fingerprint density at radius 1 is 1.05 bits per heavy atom. The summed E-state index contributed by atoms with van der Waals surface area (Å²) < 4.78 is 5.32. The number of ether oxygens (including phenoxy) is 1. The topological polar surface area (TPSA) is 75.9 Å². The Labute approximate surface area is 218 Å². The molecule has 3 aromatic rings. The normalized spacial score (nSPS) is 16.9. The van der Waals surface area contributed by atoms with Gasteiger partial charge in [0.25, 0.3) is 5.69 Å². The Bertz CT molecular complexity index is 1240. The smallest absolute Gasteiger partial charge is 0.409 e. The van der Waals surface area contributed by atoms with Gasteiger partial charge in [-0.15, -0.1) is 0 Å². The minimum absolute atomic E-state index is 0.00962. The maximum absolute atomic E-state index is 12.7. The molecule has 1 aliphatic heterocycles. The van der Waals surface area contributed by atoms with Crippen molar-refractivity contribution in [3.05, 3.63) is 118 Å². The van der Waals surface area contributed by atoms with Crippen molar-refractivity contribution < 1.29 is 14.5 Å². The molecule has 37 heavy (non-hydrogen) atoms. The highest BCUT2D eigenvalue weighted by Crippen LogP contribution is 2.36. The van der Waals surface area contributed by atoms with Crippen molar-refractivity contribution in [1.82, 2.24) is 4.90 Å². The van der Waals surface area contributed by atoms with Gasteiger partial charge < -0.3 is 14.5 Å². The fourth-order valence-electron chi connectivity index (χ4n) is 4.97. The summed E-state index contributed by atoms with van der Waals surface area (Å²) in [5.41, 5.74) is 5.05. The summed E-state index contributed by atoms with van der Waals surface area (Å²) in [5, 5.41) is 11.4. The molecular formula is C30H33N3O4. The Morgan fingerprint density at radius 3 is 2.43 bits per heavy atom. The standard InChI is InChI=1S/C30H33N3O4/c1-4-37-30(34)31-20-26(17-24-9-6-5-7-10-24)29(21-31)23(3)32(27-15-13-22(2)14-16-27)19-25-11-8-12-28(18-25)33(35)36/h5-16,18,26,29H,3-4,17,19-21H2,1-2H3/t26-,29+/m0/s1. The van der Waals surface area contributed by atoms with Gasteiger partial charge in [-0.05, 0) is 49.4 Å². The number of non-ortho nitro benzene ring substituents is 1. The number of likely N-dealkylation sites (tertiary alicyclic amines) is 1. The maximum atomic E-state index is 12.7. The van der Waals surface area contributed by atoms with E-state index in [4.69, 9.17) is 4.74 Å². The third kappa shape index (κ3) is 6.36. The average Bonchev–Trinajstić information content (AvgIpc) is 3.32. The second-order valence-electron chi connectivity index (χ2n) is 9.50. The molecule has 0 aromatic heterocycles. The highest BCUT2D eigenvalue weighted by molar-refractivity contribution is 5.68. The van der Waals surface area contributed by atoms with Gasteiger partial charge in [0.15, 0.2) is 0 Å². The van der Waals surface area contributed by atoms with Crippen LogP contribution in [0.15, 0.2) is 91.1 Å². The van der Waals surface area contributed by atoms with Crippen LogP contribution in [-0.2, 0) is 17.7 Å². The molecule has 1 amide bonds. The Morgan fingerprint density at radius 2 is 1.76 bits per heavy atom. The number of hydrogen-bond acceptors (Lipinski definition) is 5. The van der Waals surface area contributed by atoms with Crippen LogP contribution in [-0.4, -0.2) is 35.6 Å². The lowest BCUT2D eigenvalue weighted by molar-refractivity contribution is -0.384. The number of hydrogen-bond donors (Lipinski definition) is 0. The maximum Gasteiger partial charge on any atom is 0.409 e. The van der Waals surface area contributed by atoms with E-state index in [0.29, 0.717) is 26.2 Å². The minimum atomic E-state index is -0.376. The van der Waals surface area contributed by atoms with Gasteiger partial charge in [-0.2, -0.15) is 0 Å². The van der Waals surface area contributed by atoms with E-state index in [2.05, 4.69) is 23.6 Å². The first-order valence-electron chi connectivity index (χ1n) is 12.6. The molecule has 1 saturated heterocycles. The van der Waals surface area contributed by atoms with Crippen molar-refractivity contribution in [2.75, 3.05) is 24.6 Å². The lowest BCUT2D eigenvalue weighted by atomic mass is 9.87. The summed E-state index contributed by atoms with van der Waals surface area (Å²) in [6.07, 6.45) is 0.496. The van der Waals surface area contributed by atoms with E-state index in [1.165, 1.54) is 11.6 Å². The Kier molecular flexibility index (Phi) is 8.23. The summed E-state index contributed by atoms with van der Waals surface area (Å²) in [4.78, 5) is 27.6. The second kappa shape index (κ2) is 11.7. The zero-order valence-electron chi connectivity index (χ0n) is 21.4. The van der Waals surface area contributed by atoms with Crippen molar-refractivity contribution in [2.45, 2.75) is 26.8 Å². The van der Waals surface area contributed by atoms with E-state index >= 15 is 0 Å². The first-order valence-corrected chi connectivity index (χ1v) is 12.6. The van der Waals surface area contributed by atoms with Crippen LogP contribution in [0.25, 0.3) is 0 Å². The molecule has 0 saturated carbocycles. The molecule has 7 heteroatoms. The van der Waals surface area contributed by atoms with E-state index < -0.39 is 0 Å². The molecule has 0 N–H and O–H groups in total. The van der Waals surface area contributed by atoms with Crippen LogP contribution in [0.4, 0.5) is 16.2 Å². The molecule has 4 rings (SSSR count). The number of nitro benzene ring substituents is 1. The third-order valence-corrected chi connectivity index (χ3v) is 6.89. The number of aryl methyl sites for hydroxylation is 1. The van der Waals surface area contributed by atoms with E-state index in [0.717, 1.165) is 28.9 Å². The number of amides is 1. The van der Waals surface area contributed by atoms with Gasteiger partial charge >= 0.3 is 6.09 Å². The van der Waals surface area contributed by atoms with Crippen LogP contribution in [0.2, 0.25) is 0 Å². The number of carbonyl (C=O) groups excluding carboxylic acids is 1. The molecule has 3 aromatic carbocycles. The van der Waals surface area contributed by atoms with E-state index in [-0.39, 0.29) is 28.5 Å². The highest BCUT2D eigenvalue weighted by atomic mass is 16.6. The summed E-state index contributed by atoms with van der Waals surface area (Å²) in [7, 11) is 0. The van der Waals surface area contributed by atoms with Gasteiger partial charge in [0.1, 0.15) is 0 Å². The number of rotatable bonds is 9. The molecule has 192 valence electrons. The summed E-state index contributed by atoms with van der Waals surface area (Å²) in [6.45, 7) is 10.2. The fourth-order valence-corrected chi connectivity index (χ4v) is 4.97. The van der Waals surface area contributed by atoms with Crippen LogP contribution >= 0.6 is 0 Å². The van der Waals surface area contributed by atoms with Gasteiger partial charge in [-0.25, -0.2) is 4.79 Å². The quantitative estimate of drug-likeness (QED) is 0.253. The third-order valence-electron chi connectivity index (χ3n) is 6.89. The number of benzene rings is 3. The van der Waals surface area contributed by atoms with Crippen LogP contribution in [0.1, 0.15) is 23.6 Å². The molecule has 2 atom stereocenters. The van der Waals surface area contributed by atoms with Gasteiger partial charge in [-0.3, -0.25) is 10.1 Å². The van der Waals surface area contributed by atoms with Crippen LogP contribution in [0.5, 0.6) is 0 Å². The zero-order chi connectivity index (χ0) is 26.4. The number of anilines is 1. The Hall–Kier alpha value is -4.13.